The van der Waals surface area contributed by atoms with E-state index in [0.717, 1.165) is 31.4 Å². The molecular formula is C29H31ClN2O6. The second-order valence-corrected chi connectivity index (χ2v) is 9.60. The highest BCUT2D eigenvalue weighted by atomic mass is 35.5. The predicted molar refractivity (Wildman–Crippen MR) is 145 cm³/mol. The van der Waals surface area contributed by atoms with Crippen LogP contribution in [0, 0.1) is 0 Å². The van der Waals surface area contributed by atoms with Gasteiger partial charge < -0.3 is 29.0 Å². The number of fused-ring (bicyclic) bond motifs is 3. The van der Waals surface area contributed by atoms with Gasteiger partial charge in [-0.25, -0.2) is 0 Å². The number of carbonyl (C=O) groups is 1. The number of methoxy groups -OCH3 is 1. The molecule has 0 aromatic heterocycles. The lowest BCUT2D eigenvalue weighted by atomic mass is 10.1. The summed E-state index contributed by atoms with van der Waals surface area (Å²) in [5, 5.41) is 3.48. The van der Waals surface area contributed by atoms with Crippen molar-refractivity contribution in [1.29, 1.82) is 0 Å². The van der Waals surface area contributed by atoms with Crippen LogP contribution in [-0.2, 0) is 11.3 Å². The van der Waals surface area contributed by atoms with E-state index in [1.165, 1.54) is 0 Å². The molecular weight excluding hydrogens is 508 g/mol. The molecule has 5 rings (SSSR count). The van der Waals surface area contributed by atoms with Gasteiger partial charge in [-0.3, -0.25) is 9.69 Å². The smallest absolute Gasteiger partial charge is 0.238 e. The first-order valence-electron chi connectivity index (χ1n) is 12.8. The Bertz CT molecular complexity index is 1280. The maximum atomic E-state index is 13.3. The number of rotatable bonds is 3. The van der Waals surface area contributed by atoms with Crippen molar-refractivity contribution in [2.75, 3.05) is 45.3 Å². The number of nitrogens with zero attached hydrogens (tertiary/aromatic N) is 1. The standard InChI is InChI=1S/C29H31ClN2O6/c1-34-26-17-28-27(36-13-14-37-28)15-20(26)18-32-11-5-2-6-12-35-24-7-3-4-8-25(24)38-23-10-9-21(30)16-22(23)31-29(33)19-32/h3-4,7-10,15-17H,2,5-6,11-14,18-19H2,1H3,(H,31,33). The summed E-state index contributed by atoms with van der Waals surface area (Å²) in [7, 11) is 1.63. The molecule has 0 bridgehead atoms. The van der Waals surface area contributed by atoms with Crippen molar-refractivity contribution in [2.24, 2.45) is 0 Å². The third-order valence-corrected chi connectivity index (χ3v) is 6.60. The maximum Gasteiger partial charge on any atom is 0.238 e. The van der Waals surface area contributed by atoms with E-state index in [0.29, 0.717) is 71.6 Å². The Morgan fingerprint density at radius 3 is 2.45 bits per heavy atom. The average molecular weight is 539 g/mol. The first-order chi connectivity index (χ1) is 18.6. The normalized spacial score (nSPS) is 16.4. The number of ether oxygens (including phenoxy) is 5. The van der Waals surface area contributed by atoms with Gasteiger partial charge in [0.2, 0.25) is 5.91 Å². The van der Waals surface area contributed by atoms with Crippen LogP contribution in [0.4, 0.5) is 5.69 Å². The first kappa shape index (κ1) is 26.0. The van der Waals surface area contributed by atoms with E-state index < -0.39 is 0 Å². The fourth-order valence-electron chi connectivity index (χ4n) is 4.53. The Labute approximate surface area is 227 Å². The van der Waals surface area contributed by atoms with Crippen LogP contribution in [0.2, 0.25) is 5.02 Å². The van der Waals surface area contributed by atoms with E-state index >= 15 is 0 Å². The van der Waals surface area contributed by atoms with Crippen molar-refractivity contribution in [3.63, 3.8) is 0 Å². The van der Waals surface area contributed by atoms with E-state index in [4.69, 9.17) is 35.3 Å². The lowest BCUT2D eigenvalue weighted by Gasteiger charge is -2.25. The monoisotopic (exact) mass is 538 g/mol. The van der Waals surface area contributed by atoms with Crippen LogP contribution in [0.25, 0.3) is 0 Å². The maximum absolute atomic E-state index is 13.3. The summed E-state index contributed by atoms with van der Waals surface area (Å²) in [4.78, 5) is 15.4. The van der Waals surface area contributed by atoms with Crippen LogP contribution in [0.15, 0.2) is 54.6 Å². The predicted octanol–water partition coefficient (Wildman–Crippen LogP) is 5.92. The SMILES string of the molecule is COc1cc2c(cc1CN1CCCCCOc3ccccc3Oc3ccc(Cl)cc3NC(=O)C1)OCCO2. The molecule has 200 valence electrons. The first-order valence-corrected chi connectivity index (χ1v) is 13.1. The molecule has 0 fully saturated rings. The van der Waals surface area contributed by atoms with Gasteiger partial charge in [0.25, 0.3) is 0 Å². The molecule has 2 heterocycles. The number of carbonyl (C=O) groups excluding carboxylic acids is 1. The third-order valence-electron chi connectivity index (χ3n) is 6.37. The molecule has 38 heavy (non-hydrogen) atoms. The van der Waals surface area contributed by atoms with Crippen molar-refractivity contribution in [2.45, 2.75) is 25.8 Å². The Balaban J connectivity index is 1.39. The summed E-state index contributed by atoms with van der Waals surface area (Å²) in [5.41, 5.74) is 1.41. The van der Waals surface area contributed by atoms with Gasteiger partial charge in [-0.2, -0.15) is 0 Å². The molecule has 3 aromatic carbocycles. The number of halogens is 1. The number of para-hydroxylation sites is 2. The second kappa shape index (κ2) is 12.3. The summed E-state index contributed by atoms with van der Waals surface area (Å²) in [6, 6.07) is 16.5. The Morgan fingerprint density at radius 1 is 0.868 bits per heavy atom. The van der Waals surface area contributed by atoms with Gasteiger partial charge in [-0.15, -0.1) is 0 Å². The molecule has 3 aromatic rings. The molecule has 0 saturated heterocycles. The number of anilines is 1. The highest BCUT2D eigenvalue weighted by Gasteiger charge is 2.21. The van der Waals surface area contributed by atoms with E-state index in [2.05, 4.69) is 10.2 Å². The molecule has 0 radical (unpaired) electrons. The van der Waals surface area contributed by atoms with Crippen molar-refractivity contribution >= 4 is 23.2 Å². The molecule has 8 nitrogen and oxygen atoms in total. The van der Waals surface area contributed by atoms with Gasteiger partial charge in [0.15, 0.2) is 28.7 Å². The van der Waals surface area contributed by atoms with Crippen molar-refractivity contribution < 1.29 is 28.5 Å². The third kappa shape index (κ3) is 6.44. The number of benzene rings is 3. The lowest BCUT2D eigenvalue weighted by molar-refractivity contribution is -0.117. The van der Waals surface area contributed by atoms with Gasteiger partial charge in [0.05, 0.1) is 25.9 Å². The molecule has 0 unspecified atom stereocenters. The van der Waals surface area contributed by atoms with Gasteiger partial charge in [0, 0.05) is 23.2 Å². The Hall–Kier alpha value is -3.62. The minimum atomic E-state index is -0.173. The van der Waals surface area contributed by atoms with Crippen LogP contribution in [0.1, 0.15) is 24.8 Å². The highest BCUT2D eigenvalue weighted by molar-refractivity contribution is 6.31. The Morgan fingerprint density at radius 2 is 1.63 bits per heavy atom. The second-order valence-electron chi connectivity index (χ2n) is 9.16. The molecule has 0 aliphatic carbocycles. The minimum absolute atomic E-state index is 0.173. The van der Waals surface area contributed by atoms with E-state index in [9.17, 15) is 4.79 Å². The van der Waals surface area contributed by atoms with Crippen LogP contribution in [0.3, 0.4) is 0 Å². The molecule has 2 aliphatic heterocycles. The topological polar surface area (TPSA) is 78.5 Å². The van der Waals surface area contributed by atoms with Crippen LogP contribution >= 0.6 is 11.6 Å². The quantitative estimate of drug-likeness (QED) is 0.444. The summed E-state index contributed by atoms with van der Waals surface area (Å²) in [5.74, 6) is 3.59. The molecule has 0 atom stereocenters. The number of hydrogen-bond acceptors (Lipinski definition) is 7. The fourth-order valence-corrected chi connectivity index (χ4v) is 4.70. The zero-order valence-corrected chi connectivity index (χ0v) is 22.1. The molecule has 1 N–H and O–H groups in total. The molecule has 0 saturated carbocycles. The van der Waals surface area contributed by atoms with Crippen LogP contribution < -0.4 is 29.0 Å². The number of hydrogen-bond donors (Lipinski definition) is 1. The Kier molecular flexibility index (Phi) is 8.41. The zero-order chi connectivity index (χ0) is 26.3. The molecule has 2 aliphatic rings. The van der Waals surface area contributed by atoms with Crippen molar-refractivity contribution in [3.8, 4) is 34.5 Å². The summed E-state index contributed by atoms with van der Waals surface area (Å²) < 4.78 is 29.3. The minimum Gasteiger partial charge on any atom is -0.496 e. The summed E-state index contributed by atoms with van der Waals surface area (Å²) in [6.45, 7) is 2.99. The molecule has 1 amide bonds. The van der Waals surface area contributed by atoms with E-state index in [1.807, 2.05) is 36.4 Å². The summed E-state index contributed by atoms with van der Waals surface area (Å²) >= 11 is 6.27. The molecule has 0 spiro atoms. The van der Waals surface area contributed by atoms with Crippen molar-refractivity contribution in [3.05, 3.63) is 65.2 Å². The van der Waals surface area contributed by atoms with Gasteiger partial charge in [-0.1, -0.05) is 23.7 Å². The average Bonchev–Trinajstić information content (AvgIpc) is 2.92. The van der Waals surface area contributed by atoms with Crippen LogP contribution in [0.5, 0.6) is 34.5 Å². The molecule has 9 heteroatoms. The van der Waals surface area contributed by atoms with Crippen LogP contribution in [-0.4, -0.2) is 50.8 Å². The lowest BCUT2D eigenvalue weighted by Crippen LogP contribution is -2.34. The number of nitrogens with one attached hydrogen (secondary N) is 1. The van der Waals surface area contributed by atoms with Gasteiger partial charge >= 0.3 is 0 Å². The van der Waals surface area contributed by atoms with Crippen molar-refractivity contribution in [1.82, 2.24) is 4.90 Å². The number of amides is 1. The largest absolute Gasteiger partial charge is 0.496 e. The van der Waals surface area contributed by atoms with Gasteiger partial charge in [-0.05, 0) is 62.2 Å². The zero-order valence-electron chi connectivity index (χ0n) is 21.3. The van der Waals surface area contributed by atoms with E-state index in [-0.39, 0.29) is 12.5 Å². The fraction of sp³-hybridized carbons (Fsp3) is 0.345. The van der Waals surface area contributed by atoms with E-state index in [1.54, 1.807) is 25.3 Å². The van der Waals surface area contributed by atoms with Gasteiger partial charge in [0.1, 0.15) is 19.0 Å². The highest BCUT2D eigenvalue weighted by Crippen LogP contribution is 2.38. The summed E-state index contributed by atoms with van der Waals surface area (Å²) in [6.07, 6.45) is 2.74.